The van der Waals surface area contributed by atoms with E-state index in [2.05, 4.69) is 48.5 Å². The number of nitrogens with zero attached hydrogens (tertiary/aromatic N) is 1. The molecule has 3 rings (SSSR count). The zero-order valence-electron chi connectivity index (χ0n) is 11.1. The van der Waals surface area contributed by atoms with Crippen molar-refractivity contribution in [3.05, 3.63) is 64.2 Å². The van der Waals surface area contributed by atoms with Crippen molar-refractivity contribution in [3.8, 4) is 0 Å². The lowest BCUT2D eigenvalue weighted by molar-refractivity contribution is 0.856. The third-order valence-electron chi connectivity index (χ3n) is 3.45. The Morgan fingerprint density at radius 2 is 2.00 bits per heavy atom. The van der Waals surface area contributed by atoms with Crippen LogP contribution in [-0.4, -0.2) is 4.98 Å². The van der Waals surface area contributed by atoms with E-state index in [1.807, 2.05) is 12.3 Å². The predicted octanol–water partition coefficient (Wildman–Crippen LogP) is 3.96. The SMILES string of the molecule is Cc1ccc(C)c(C(N)c2cnc3ccsc3c2)c1. The largest absolute Gasteiger partial charge is 0.320 e. The molecule has 0 fully saturated rings. The third-order valence-corrected chi connectivity index (χ3v) is 4.31. The Labute approximate surface area is 116 Å². The number of rotatable bonds is 2. The summed E-state index contributed by atoms with van der Waals surface area (Å²) in [5.41, 5.74) is 12.2. The average Bonchev–Trinajstić information content (AvgIpc) is 2.88. The van der Waals surface area contributed by atoms with Gasteiger partial charge in [0.1, 0.15) is 0 Å². The Hall–Kier alpha value is -1.71. The van der Waals surface area contributed by atoms with Crippen molar-refractivity contribution < 1.29 is 0 Å². The van der Waals surface area contributed by atoms with Crippen LogP contribution in [0.2, 0.25) is 0 Å². The molecule has 0 aliphatic heterocycles. The first kappa shape index (κ1) is 12.3. The number of benzene rings is 1. The number of pyridine rings is 1. The number of thiophene rings is 1. The van der Waals surface area contributed by atoms with E-state index >= 15 is 0 Å². The second-order valence-corrected chi connectivity index (χ2v) is 5.86. The molecule has 0 saturated carbocycles. The van der Waals surface area contributed by atoms with Gasteiger partial charge in [0.15, 0.2) is 0 Å². The Kier molecular flexibility index (Phi) is 3.09. The molecular weight excluding hydrogens is 252 g/mol. The second-order valence-electron chi connectivity index (χ2n) is 4.91. The lowest BCUT2D eigenvalue weighted by Crippen LogP contribution is -2.13. The fourth-order valence-electron chi connectivity index (χ4n) is 2.31. The first-order chi connectivity index (χ1) is 9.15. The van der Waals surface area contributed by atoms with Gasteiger partial charge in [0.2, 0.25) is 0 Å². The standard InChI is InChI=1S/C16H16N2S/c1-10-3-4-11(2)13(7-10)16(17)12-8-15-14(18-9-12)5-6-19-15/h3-9,16H,17H2,1-2H3. The van der Waals surface area contributed by atoms with Crippen LogP contribution in [-0.2, 0) is 0 Å². The molecule has 0 radical (unpaired) electrons. The van der Waals surface area contributed by atoms with Crippen molar-refractivity contribution in [2.75, 3.05) is 0 Å². The molecule has 2 N–H and O–H groups in total. The van der Waals surface area contributed by atoms with Crippen LogP contribution in [0, 0.1) is 13.8 Å². The van der Waals surface area contributed by atoms with Gasteiger partial charge in [-0.3, -0.25) is 4.98 Å². The third kappa shape index (κ3) is 2.27. The molecule has 1 atom stereocenters. The monoisotopic (exact) mass is 268 g/mol. The van der Waals surface area contributed by atoms with Gasteiger partial charge in [0.05, 0.1) is 16.3 Å². The number of hydrogen-bond acceptors (Lipinski definition) is 3. The highest BCUT2D eigenvalue weighted by Gasteiger charge is 2.13. The summed E-state index contributed by atoms with van der Waals surface area (Å²) in [7, 11) is 0. The van der Waals surface area contributed by atoms with Gasteiger partial charge >= 0.3 is 0 Å². The molecule has 0 aliphatic carbocycles. The van der Waals surface area contributed by atoms with Crippen molar-refractivity contribution in [2.24, 2.45) is 5.73 Å². The van der Waals surface area contributed by atoms with Crippen LogP contribution >= 0.6 is 11.3 Å². The summed E-state index contributed by atoms with van der Waals surface area (Å²) in [6.07, 6.45) is 1.89. The van der Waals surface area contributed by atoms with Gasteiger partial charge in [0, 0.05) is 6.20 Å². The van der Waals surface area contributed by atoms with Crippen LogP contribution in [0.3, 0.4) is 0 Å². The van der Waals surface area contributed by atoms with Gasteiger partial charge in [-0.2, -0.15) is 0 Å². The van der Waals surface area contributed by atoms with Crippen LogP contribution in [0.5, 0.6) is 0 Å². The molecule has 3 heteroatoms. The average molecular weight is 268 g/mol. The lowest BCUT2D eigenvalue weighted by Gasteiger charge is -2.15. The zero-order valence-corrected chi connectivity index (χ0v) is 11.9. The number of hydrogen-bond donors (Lipinski definition) is 1. The van der Waals surface area contributed by atoms with Gasteiger partial charge in [-0.25, -0.2) is 0 Å². The molecule has 1 unspecified atom stereocenters. The van der Waals surface area contributed by atoms with Crippen LogP contribution < -0.4 is 5.73 Å². The molecule has 0 spiro atoms. The molecule has 96 valence electrons. The van der Waals surface area contributed by atoms with Crippen LogP contribution in [0.25, 0.3) is 10.2 Å². The van der Waals surface area contributed by atoms with E-state index in [0.717, 1.165) is 11.1 Å². The number of nitrogens with two attached hydrogens (primary N) is 1. The maximum atomic E-state index is 6.41. The Balaban J connectivity index is 2.07. The van der Waals surface area contributed by atoms with Crippen LogP contribution in [0.1, 0.15) is 28.3 Å². The summed E-state index contributed by atoms with van der Waals surface area (Å²) < 4.78 is 1.19. The number of fused-ring (bicyclic) bond motifs is 1. The molecule has 2 nitrogen and oxygen atoms in total. The van der Waals surface area contributed by atoms with E-state index < -0.39 is 0 Å². The number of aryl methyl sites for hydroxylation is 2. The molecule has 0 saturated heterocycles. The van der Waals surface area contributed by atoms with Crippen molar-refractivity contribution in [2.45, 2.75) is 19.9 Å². The van der Waals surface area contributed by atoms with Crippen LogP contribution in [0.4, 0.5) is 0 Å². The van der Waals surface area contributed by atoms with Crippen molar-refractivity contribution in [1.29, 1.82) is 0 Å². The minimum absolute atomic E-state index is 0.112. The smallest absolute Gasteiger partial charge is 0.0809 e. The Morgan fingerprint density at radius 3 is 2.84 bits per heavy atom. The minimum atomic E-state index is -0.112. The molecule has 3 aromatic rings. The van der Waals surface area contributed by atoms with E-state index in [-0.39, 0.29) is 6.04 Å². The Morgan fingerprint density at radius 1 is 1.16 bits per heavy atom. The highest BCUT2D eigenvalue weighted by molar-refractivity contribution is 7.17. The van der Waals surface area contributed by atoms with E-state index in [1.54, 1.807) is 11.3 Å². The maximum absolute atomic E-state index is 6.41. The molecule has 2 aromatic heterocycles. The maximum Gasteiger partial charge on any atom is 0.0809 e. The molecule has 2 heterocycles. The second kappa shape index (κ2) is 4.76. The van der Waals surface area contributed by atoms with Crippen molar-refractivity contribution in [1.82, 2.24) is 4.98 Å². The number of aromatic nitrogens is 1. The lowest BCUT2D eigenvalue weighted by atomic mass is 9.95. The van der Waals surface area contributed by atoms with Gasteiger partial charge < -0.3 is 5.73 Å². The normalized spacial score (nSPS) is 12.8. The summed E-state index contributed by atoms with van der Waals surface area (Å²) in [5, 5.41) is 2.06. The molecular formula is C16H16N2S. The van der Waals surface area contributed by atoms with Crippen molar-refractivity contribution >= 4 is 21.6 Å². The summed E-state index contributed by atoms with van der Waals surface area (Å²) in [4.78, 5) is 4.47. The molecule has 0 amide bonds. The van der Waals surface area contributed by atoms with Crippen LogP contribution in [0.15, 0.2) is 41.9 Å². The summed E-state index contributed by atoms with van der Waals surface area (Å²) in [5.74, 6) is 0. The van der Waals surface area contributed by atoms with E-state index in [1.165, 1.54) is 21.4 Å². The highest BCUT2D eigenvalue weighted by atomic mass is 32.1. The molecule has 0 bridgehead atoms. The molecule has 1 aromatic carbocycles. The topological polar surface area (TPSA) is 38.9 Å². The van der Waals surface area contributed by atoms with Crippen molar-refractivity contribution in [3.63, 3.8) is 0 Å². The van der Waals surface area contributed by atoms with E-state index in [9.17, 15) is 0 Å². The predicted molar refractivity (Wildman–Crippen MR) is 81.6 cm³/mol. The molecule has 0 aliphatic rings. The molecule has 19 heavy (non-hydrogen) atoms. The summed E-state index contributed by atoms with van der Waals surface area (Å²) in [6.45, 7) is 4.20. The first-order valence-corrected chi connectivity index (χ1v) is 7.19. The van der Waals surface area contributed by atoms with Gasteiger partial charge in [0.25, 0.3) is 0 Å². The van der Waals surface area contributed by atoms with E-state index in [0.29, 0.717) is 0 Å². The van der Waals surface area contributed by atoms with Gasteiger partial charge in [-0.05, 0) is 48.1 Å². The van der Waals surface area contributed by atoms with E-state index in [4.69, 9.17) is 5.73 Å². The van der Waals surface area contributed by atoms with Gasteiger partial charge in [-0.1, -0.05) is 23.8 Å². The fourth-order valence-corrected chi connectivity index (χ4v) is 3.10. The first-order valence-electron chi connectivity index (χ1n) is 6.31. The summed E-state index contributed by atoms with van der Waals surface area (Å²) in [6, 6.07) is 10.5. The highest BCUT2D eigenvalue weighted by Crippen LogP contribution is 2.27. The van der Waals surface area contributed by atoms with Gasteiger partial charge in [-0.15, -0.1) is 11.3 Å². The quantitative estimate of drug-likeness (QED) is 0.764. The summed E-state index contributed by atoms with van der Waals surface area (Å²) >= 11 is 1.70. The fraction of sp³-hybridized carbons (Fsp3) is 0.188. The Bertz CT molecular complexity index is 730. The minimum Gasteiger partial charge on any atom is -0.320 e. The zero-order chi connectivity index (χ0) is 13.4.